The van der Waals surface area contributed by atoms with Crippen LogP contribution in [0.25, 0.3) is 0 Å². The van der Waals surface area contributed by atoms with Crippen LogP contribution in [0.15, 0.2) is 18.2 Å². The number of anilines is 1. The summed E-state index contributed by atoms with van der Waals surface area (Å²) in [5.41, 5.74) is 1.92. The van der Waals surface area contributed by atoms with Gasteiger partial charge in [0.15, 0.2) is 0 Å². The minimum Gasteiger partial charge on any atom is -0.366 e. The molecule has 0 spiro atoms. The molecular formula is C17H25FN2. The quantitative estimate of drug-likeness (QED) is 0.889. The number of rotatable bonds is 2. The molecule has 1 aromatic carbocycles. The van der Waals surface area contributed by atoms with Gasteiger partial charge in [-0.15, -0.1) is 0 Å². The minimum absolute atomic E-state index is 0.0834. The zero-order valence-corrected chi connectivity index (χ0v) is 12.4. The minimum atomic E-state index is -0.0834. The molecule has 0 aromatic heterocycles. The van der Waals surface area contributed by atoms with Crippen molar-refractivity contribution in [3.8, 4) is 0 Å². The third-order valence-corrected chi connectivity index (χ3v) is 4.87. The van der Waals surface area contributed by atoms with E-state index in [4.69, 9.17) is 0 Å². The Labute approximate surface area is 121 Å². The molecule has 1 aliphatic carbocycles. The zero-order valence-electron chi connectivity index (χ0n) is 12.4. The van der Waals surface area contributed by atoms with E-state index in [0.717, 1.165) is 36.8 Å². The molecule has 1 unspecified atom stereocenters. The van der Waals surface area contributed by atoms with Crippen molar-refractivity contribution in [2.45, 2.75) is 45.1 Å². The fourth-order valence-electron chi connectivity index (χ4n) is 3.71. The Morgan fingerprint density at radius 2 is 2.00 bits per heavy atom. The van der Waals surface area contributed by atoms with Crippen molar-refractivity contribution in [2.24, 2.45) is 5.92 Å². The first-order chi connectivity index (χ1) is 9.74. The Kier molecular flexibility index (Phi) is 4.25. The molecule has 2 fully saturated rings. The molecule has 3 heteroatoms. The van der Waals surface area contributed by atoms with Gasteiger partial charge < -0.3 is 10.2 Å². The maximum Gasteiger partial charge on any atom is 0.146 e. The van der Waals surface area contributed by atoms with Crippen LogP contribution in [0.1, 0.15) is 37.7 Å². The number of piperazine rings is 1. The van der Waals surface area contributed by atoms with Crippen LogP contribution in [-0.4, -0.2) is 25.7 Å². The lowest BCUT2D eigenvalue weighted by Crippen LogP contribution is -2.54. The van der Waals surface area contributed by atoms with Gasteiger partial charge in [0.1, 0.15) is 5.82 Å². The third-order valence-electron chi connectivity index (χ3n) is 4.87. The van der Waals surface area contributed by atoms with Crippen molar-refractivity contribution < 1.29 is 4.39 Å². The van der Waals surface area contributed by atoms with E-state index in [2.05, 4.69) is 10.2 Å². The van der Waals surface area contributed by atoms with Gasteiger partial charge in [-0.3, -0.25) is 0 Å². The lowest BCUT2D eigenvalue weighted by molar-refractivity contribution is 0.257. The molecule has 110 valence electrons. The lowest BCUT2D eigenvalue weighted by Gasteiger charge is -2.40. The number of benzene rings is 1. The second-order valence-corrected chi connectivity index (χ2v) is 6.36. The predicted molar refractivity (Wildman–Crippen MR) is 81.7 cm³/mol. The van der Waals surface area contributed by atoms with E-state index >= 15 is 0 Å². The van der Waals surface area contributed by atoms with E-state index in [1.807, 2.05) is 19.1 Å². The molecule has 1 saturated heterocycles. The highest BCUT2D eigenvalue weighted by Crippen LogP contribution is 2.29. The Bertz CT molecular complexity index is 454. The number of nitrogens with zero attached hydrogens (tertiary/aromatic N) is 1. The molecule has 1 aliphatic heterocycles. The number of nitrogens with one attached hydrogen (secondary N) is 1. The van der Waals surface area contributed by atoms with Crippen LogP contribution in [-0.2, 0) is 0 Å². The van der Waals surface area contributed by atoms with E-state index in [9.17, 15) is 4.39 Å². The molecule has 0 bridgehead atoms. The summed E-state index contributed by atoms with van der Waals surface area (Å²) in [6.07, 6.45) is 6.78. The molecular weight excluding hydrogens is 251 g/mol. The van der Waals surface area contributed by atoms with Gasteiger partial charge >= 0.3 is 0 Å². The molecule has 1 aromatic rings. The van der Waals surface area contributed by atoms with E-state index in [1.165, 1.54) is 32.1 Å². The van der Waals surface area contributed by atoms with Gasteiger partial charge in [-0.05, 0) is 43.4 Å². The van der Waals surface area contributed by atoms with Gasteiger partial charge in [-0.2, -0.15) is 0 Å². The summed E-state index contributed by atoms with van der Waals surface area (Å²) in [4.78, 5) is 2.23. The fourth-order valence-corrected chi connectivity index (χ4v) is 3.71. The van der Waals surface area contributed by atoms with Crippen LogP contribution in [0, 0.1) is 18.7 Å². The van der Waals surface area contributed by atoms with Crippen molar-refractivity contribution in [1.82, 2.24) is 5.32 Å². The molecule has 2 nitrogen and oxygen atoms in total. The Morgan fingerprint density at radius 3 is 2.80 bits per heavy atom. The van der Waals surface area contributed by atoms with Gasteiger partial charge in [-0.1, -0.05) is 25.3 Å². The average molecular weight is 276 g/mol. The Balaban J connectivity index is 1.72. The van der Waals surface area contributed by atoms with E-state index in [1.54, 1.807) is 6.07 Å². The number of halogens is 1. The van der Waals surface area contributed by atoms with Crippen molar-refractivity contribution in [3.63, 3.8) is 0 Å². The van der Waals surface area contributed by atoms with Crippen LogP contribution >= 0.6 is 0 Å². The topological polar surface area (TPSA) is 15.3 Å². The van der Waals surface area contributed by atoms with Gasteiger partial charge in [-0.25, -0.2) is 4.39 Å². The second-order valence-electron chi connectivity index (χ2n) is 6.36. The van der Waals surface area contributed by atoms with Crippen LogP contribution in [0.5, 0.6) is 0 Å². The SMILES string of the molecule is Cc1ccc(F)c(N2CCNC(C3CCCCC3)C2)c1. The van der Waals surface area contributed by atoms with Crippen LogP contribution in [0.3, 0.4) is 0 Å². The molecule has 1 heterocycles. The highest BCUT2D eigenvalue weighted by atomic mass is 19.1. The Morgan fingerprint density at radius 1 is 1.20 bits per heavy atom. The number of hydrogen-bond acceptors (Lipinski definition) is 2. The zero-order chi connectivity index (χ0) is 13.9. The molecule has 3 rings (SSSR count). The standard InChI is InChI=1S/C17H25FN2/c1-13-7-8-15(18)17(11-13)20-10-9-19-16(12-20)14-5-3-2-4-6-14/h7-8,11,14,16,19H,2-6,9-10,12H2,1H3. The largest absolute Gasteiger partial charge is 0.366 e. The molecule has 1 atom stereocenters. The smallest absolute Gasteiger partial charge is 0.146 e. The Hall–Kier alpha value is -1.09. The highest BCUT2D eigenvalue weighted by Gasteiger charge is 2.28. The van der Waals surface area contributed by atoms with E-state index in [-0.39, 0.29) is 5.82 Å². The summed E-state index contributed by atoms with van der Waals surface area (Å²) in [6, 6.07) is 5.96. The van der Waals surface area contributed by atoms with Crippen molar-refractivity contribution in [2.75, 3.05) is 24.5 Å². The summed E-state index contributed by atoms with van der Waals surface area (Å²) >= 11 is 0. The predicted octanol–water partition coefficient (Wildman–Crippen LogP) is 3.49. The monoisotopic (exact) mass is 276 g/mol. The van der Waals surface area contributed by atoms with Gasteiger partial charge in [0.25, 0.3) is 0 Å². The molecule has 1 N–H and O–H groups in total. The van der Waals surface area contributed by atoms with Crippen LogP contribution in [0.4, 0.5) is 10.1 Å². The number of hydrogen-bond donors (Lipinski definition) is 1. The summed E-state index contributed by atoms with van der Waals surface area (Å²) in [5, 5.41) is 3.66. The maximum atomic E-state index is 14.1. The van der Waals surface area contributed by atoms with E-state index in [0.29, 0.717) is 6.04 Å². The van der Waals surface area contributed by atoms with Crippen molar-refractivity contribution in [1.29, 1.82) is 0 Å². The number of aryl methyl sites for hydroxylation is 1. The normalized spacial score (nSPS) is 24.9. The van der Waals surface area contributed by atoms with E-state index < -0.39 is 0 Å². The summed E-state index contributed by atoms with van der Waals surface area (Å²) in [5.74, 6) is 0.694. The summed E-state index contributed by atoms with van der Waals surface area (Å²) in [7, 11) is 0. The van der Waals surface area contributed by atoms with Crippen LogP contribution < -0.4 is 10.2 Å². The first kappa shape index (κ1) is 13.9. The molecule has 2 aliphatic rings. The summed E-state index contributed by atoms with van der Waals surface area (Å²) in [6.45, 7) is 4.85. The van der Waals surface area contributed by atoms with Crippen molar-refractivity contribution >= 4 is 5.69 Å². The van der Waals surface area contributed by atoms with Gasteiger partial charge in [0.05, 0.1) is 5.69 Å². The van der Waals surface area contributed by atoms with Gasteiger partial charge in [0, 0.05) is 25.7 Å². The average Bonchev–Trinajstić information content (AvgIpc) is 2.51. The first-order valence-electron chi connectivity index (χ1n) is 7.98. The van der Waals surface area contributed by atoms with Gasteiger partial charge in [0.2, 0.25) is 0 Å². The fraction of sp³-hybridized carbons (Fsp3) is 0.647. The van der Waals surface area contributed by atoms with Crippen molar-refractivity contribution in [3.05, 3.63) is 29.6 Å². The van der Waals surface area contributed by atoms with Crippen LogP contribution in [0.2, 0.25) is 0 Å². The summed E-state index contributed by atoms with van der Waals surface area (Å²) < 4.78 is 14.1. The maximum absolute atomic E-state index is 14.1. The lowest BCUT2D eigenvalue weighted by atomic mass is 9.83. The second kappa shape index (κ2) is 6.13. The molecule has 0 radical (unpaired) electrons. The first-order valence-corrected chi connectivity index (χ1v) is 7.98. The molecule has 0 amide bonds. The molecule has 1 saturated carbocycles. The third kappa shape index (κ3) is 2.98. The highest BCUT2D eigenvalue weighted by molar-refractivity contribution is 5.50. The molecule has 20 heavy (non-hydrogen) atoms.